The van der Waals surface area contributed by atoms with Crippen molar-refractivity contribution in [2.45, 2.75) is 13.1 Å². The summed E-state index contributed by atoms with van der Waals surface area (Å²) in [6.07, 6.45) is 3.50. The molecular formula is C16H19N7O. The summed E-state index contributed by atoms with van der Waals surface area (Å²) >= 11 is 0. The number of hydrogen-bond donors (Lipinski definition) is 3. The predicted octanol–water partition coefficient (Wildman–Crippen LogP) is 0.579. The molecule has 2 amide bonds. The van der Waals surface area contributed by atoms with E-state index in [0.717, 1.165) is 48.8 Å². The third-order valence-electron chi connectivity index (χ3n) is 4.23. The maximum atomic E-state index is 11.6. The number of aromatic nitrogens is 3. The van der Waals surface area contributed by atoms with E-state index < -0.39 is 0 Å². The standard InChI is InChI=1S/C16H19N7O/c24-16-20-5-7-23(16)6-4-19-15-12-9-18-10-13(12)21-14(22-15)11-2-1-3-17-8-11/h1-3,8,18H,4-7,9-10H2,(H,20,24)(H,19,21,22). The third-order valence-corrected chi connectivity index (χ3v) is 4.23. The molecule has 24 heavy (non-hydrogen) atoms. The molecule has 0 aliphatic carbocycles. The van der Waals surface area contributed by atoms with Gasteiger partial charge in [0.05, 0.1) is 5.69 Å². The SMILES string of the molecule is O=C1NCCN1CCNc1nc(-c2cccnc2)nc2c1CNC2. The van der Waals surface area contributed by atoms with Crippen LogP contribution in [0.4, 0.5) is 10.6 Å². The number of carbonyl (C=O) groups excluding carboxylic acids is 1. The Morgan fingerprint density at radius 1 is 1.29 bits per heavy atom. The van der Waals surface area contributed by atoms with Gasteiger partial charge in [0.15, 0.2) is 5.82 Å². The molecule has 0 spiro atoms. The number of anilines is 1. The van der Waals surface area contributed by atoms with E-state index in [1.54, 1.807) is 17.3 Å². The molecule has 0 radical (unpaired) electrons. The minimum Gasteiger partial charge on any atom is -0.368 e. The lowest BCUT2D eigenvalue weighted by Crippen LogP contribution is -2.32. The fourth-order valence-electron chi connectivity index (χ4n) is 2.97. The van der Waals surface area contributed by atoms with Crippen molar-refractivity contribution in [3.05, 3.63) is 35.8 Å². The van der Waals surface area contributed by atoms with Crippen LogP contribution in [-0.2, 0) is 13.1 Å². The van der Waals surface area contributed by atoms with Gasteiger partial charge in [-0.15, -0.1) is 0 Å². The lowest BCUT2D eigenvalue weighted by atomic mass is 10.2. The van der Waals surface area contributed by atoms with Gasteiger partial charge in [-0.3, -0.25) is 4.98 Å². The Kier molecular flexibility index (Phi) is 3.96. The summed E-state index contributed by atoms with van der Waals surface area (Å²) in [5.41, 5.74) is 3.02. The van der Waals surface area contributed by atoms with Crippen LogP contribution in [0.3, 0.4) is 0 Å². The first kappa shape index (κ1) is 14.8. The molecule has 124 valence electrons. The Morgan fingerprint density at radius 3 is 3.04 bits per heavy atom. The molecule has 8 nitrogen and oxygen atoms in total. The van der Waals surface area contributed by atoms with Crippen molar-refractivity contribution >= 4 is 11.8 Å². The van der Waals surface area contributed by atoms with Crippen LogP contribution in [-0.4, -0.2) is 52.1 Å². The largest absolute Gasteiger partial charge is 0.368 e. The summed E-state index contributed by atoms with van der Waals surface area (Å²) in [6, 6.07) is 3.83. The molecule has 0 aromatic carbocycles. The van der Waals surface area contributed by atoms with Gasteiger partial charge in [0.2, 0.25) is 0 Å². The monoisotopic (exact) mass is 325 g/mol. The molecule has 4 heterocycles. The second-order valence-corrected chi connectivity index (χ2v) is 5.81. The lowest BCUT2D eigenvalue weighted by Gasteiger charge is -2.16. The average Bonchev–Trinajstić information content (AvgIpc) is 3.24. The molecule has 1 saturated heterocycles. The normalized spacial score (nSPS) is 16.2. The van der Waals surface area contributed by atoms with Gasteiger partial charge >= 0.3 is 6.03 Å². The summed E-state index contributed by atoms with van der Waals surface area (Å²) < 4.78 is 0. The van der Waals surface area contributed by atoms with E-state index in [-0.39, 0.29) is 6.03 Å². The van der Waals surface area contributed by atoms with E-state index >= 15 is 0 Å². The zero-order valence-corrected chi connectivity index (χ0v) is 13.2. The van der Waals surface area contributed by atoms with Gasteiger partial charge < -0.3 is 20.9 Å². The second-order valence-electron chi connectivity index (χ2n) is 5.81. The van der Waals surface area contributed by atoms with E-state index in [2.05, 4.69) is 30.9 Å². The zero-order valence-electron chi connectivity index (χ0n) is 13.2. The van der Waals surface area contributed by atoms with E-state index in [4.69, 9.17) is 0 Å². The van der Waals surface area contributed by atoms with Gasteiger partial charge in [0, 0.05) is 62.8 Å². The van der Waals surface area contributed by atoms with Crippen LogP contribution in [0.15, 0.2) is 24.5 Å². The maximum absolute atomic E-state index is 11.6. The van der Waals surface area contributed by atoms with Crippen molar-refractivity contribution in [2.24, 2.45) is 0 Å². The van der Waals surface area contributed by atoms with Gasteiger partial charge in [-0.25, -0.2) is 14.8 Å². The van der Waals surface area contributed by atoms with Crippen molar-refractivity contribution in [1.82, 2.24) is 30.5 Å². The number of pyridine rings is 1. The van der Waals surface area contributed by atoms with Crippen LogP contribution >= 0.6 is 0 Å². The molecule has 0 saturated carbocycles. The minimum atomic E-state index is 0.00225. The van der Waals surface area contributed by atoms with Crippen molar-refractivity contribution in [3.8, 4) is 11.4 Å². The molecule has 4 rings (SSSR count). The number of carbonyl (C=O) groups is 1. The van der Waals surface area contributed by atoms with Gasteiger partial charge in [-0.05, 0) is 12.1 Å². The Bertz CT molecular complexity index is 750. The third kappa shape index (κ3) is 2.88. The number of hydrogen-bond acceptors (Lipinski definition) is 6. The predicted molar refractivity (Wildman–Crippen MR) is 89.3 cm³/mol. The quantitative estimate of drug-likeness (QED) is 0.744. The lowest BCUT2D eigenvalue weighted by molar-refractivity contribution is 0.219. The van der Waals surface area contributed by atoms with Crippen LogP contribution in [0.25, 0.3) is 11.4 Å². The first-order chi connectivity index (χ1) is 11.8. The van der Waals surface area contributed by atoms with Gasteiger partial charge in [0.25, 0.3) is 0 Å². The smallest absolute Gasteiger partial charge is 0.317 e. The van der Waals surface area contributed by atoms with Crippen LogP contribution in [0.2, 0.25) is 0 Å². The molecule has 2 aromatic heterocycles. The number of urea groups is 1. The highest BCUT2D eigenvalue weighted by Gasteiger charge is 2.21. The summed E-state index contributed by atoms with van der Waals surface area (Å²) in [7, 11) is 0. The van der Waals surface area contributed by atoms with Gasteiger partial charge in [0.1, 0.15) is 5.82 Å². The molecule has 2 aliphatic rings. The fraction of sp³-hybridized carbons (Fsp3) is 0.375. The summed E-state index contributed by atoms with van der Waals surface area (Å²) in [6.45, 7) is 4.29. The van der Waals surface area contributed by atoms with Gasteiger partial charge in [-0.2, -0.15) is 0 Å². The average molecular weight is 325 g/mol. The van der Waals surface area contributed by atoms with Crippen LogP contribution < -0.4 is 16.0 Å². The maximum Gasteiger partial charge on any atom is 0.317 e. The van der Waals surface area contributed by atoms with Crippen LogP contribution in [0, 0.1) is 0 Å². The first-order valence-corrected chi connectivity index (χ1v) is 8.09. The van der Waals surface area contributed by atoms with E-state index in [0.29, 0.717) is 18.9 Å². The second kappa shape index (κ2) is 6.40. The molecular weight excluding hydrogens is 306 g/mol. The Labute approximate surface area is 139 Å². The molecule has 3 N–H and O–H groups in total. The van der Waals surface area contributed by atoms with Crippen molar-refractivity contribution in [1.29, 1.82) is 0 Å². The molecule has 0 bridgehead atoms. The fourth-order valence-corrected chi connectivity index (χ4v) is 2.97. The number of amides is 2. The Balaban J connectivity index is 1.53. The van der Waals surface area contributed by atoms with E-state index in [1.807, 2.05) is 12.1 Å². The zero-order chi connectivity index (χ0) is 16.4. The molecule has 0 atom stereocenters. The highest BCUT2D eigenvalue weighted by molar-refractivity contribution is 5.76. The number of fused-ring (bicyclic) bond motifs is 1. The highest BCUT2D eigenvalue weighted by Crippen LogP contribution is 2.25. The van der Waals surface area contributed by atoms with Crippen LogP contribution in [0.5, 0.6) is 0 Å². The highest BCUT2D eigenvalue weighted by atomic mass is 16.2. The molecule has 1 fully saturated rings. The topological polar surface area (TPSA) is 95.1 Å². The minimum absolute atomic E-state index is 0.00225. The van der Waals surface area contributed by atoms with Crippen molar-refractivity contribution in [2.75, 3.05) is 31.5 Å². The van der Waals surface area contributed by atoms with Crippen molar-refractivity contribution < 1.29 is 4.79 Å². The number of nitrogens with zero attached hydrogens (tertiary/aromatic N) is 4. The van der Waals surface area contributed by atoms with Crippen molar-refractivity contribution in [3.63, 3.8) is 0 Å². The summed E-state index contributed by atoms with van der Waals surface area (Å²) in [5.74, 6) is 1.51. The number of rotatable bonds is 5. The summed E-state index contributed by atoms with van der Waals surface area (Å²) in [4.78, 5) is 26.9. The molecule has 2 aliphatic heterocycles. The molecule has 0 unspecified atom stereocenters. The molecule has 2 aromatic rings. The summed E-state index contributed by atoms with van der Waals surface area (Å²) in [5, 5.41) is 9.49. The first-order valence-electron chi connectivity index (χ1n) is 8.09. The molecule has 8 heteroatoms. The number of nitrogens with one attached hydrogen (secondary N) is 3. The Morgan fingerprint density at radius 2 is 2.25 bits per heavy atom. The van der Waals surface area contributed by atoms with Crippen LogP contribution in [0.1, 0.15) is 11.3 Å². The van der Waals surface area contributed by atoms with E-state index in [1.165, 1.54) is 0 Å². The van der Waals surface area contributed by atoms with E-state index in [9.17, 15) is 4.79 Å². The Hall–Kier alpha value is -2.74. The van der Waals surface area contributed by atoms with Gasteiger partial charge in [-0.1, -0.05) is 0 Å².